The summed E-state index contributed by atoms with van der Waals surface area (Å²) in [4.78, 5) is 13.2. The monoisotopic (exact) mass is 314 g/mol. The van der Waals surface area contributed by atoms with Crippen LogP contribution in [0.5, 0.6) is 0 Å². The molecule has 1 nitrogen and oxygen atoms in total. The molecule has 0 aliphatic heterocycles. The number of hydrogen-bond donors (Lipinski definition) is 0. The number of aryl methyl sites for hydroxylation is 1. The molecule has 1 aromatic carbocycles. The second kappa shape index (κ2) is 4.70. The zero-order valence-corrected chi connectivity index (χ0v) is 11.6. The lowest BCUT2D eigenvalue weighted by molar-refractivity contribution is 0.103. The van der Waals surface area contributed by atoms with Crippen LogP contribution in [-0.4, -0.2) is 5.78 Å². The molecule has 82 valence electrons. The molecule has 1 heterocycles. The van der Waals surface area contributed by atoms with E-state index in [0.29, 0.717) is 10.6 Å². The topological polar surface area (TPSA) is 17.1 Å². The molecule has 0 radical (unpaired) electrons. The molecule has 0 aliphatic rings. The Morgan fingerprint density at radius 3 is 2.69 bits per heavy atom. The summed E-state index contributed by atoms with van der Waals surface area (Å²) in [6.07, 6.45) is 0. The first-order chi connectivity index (χ1) is 7.61. The van der Waals surface area contributed by atoms with Crippen molar-refractivity contribution in [1.29, 1.82) is 0 Å². The summed E-state index contributed by atoms with van der Waals surface area (Å²) in [6.45, 7) is 1.93. The van der Waals surface area contributed by atoms with Gasteiger partial charge in [-0.15, -0.1) is 11.3 Å². The summed E-state index contributed by atoms with van der Waals surface area (Å²) in [5, 5.41) is 2.38. The van der Waals surface area contributed by atoms with Crippen LogP contribution in [0.4, 0.5) is 0 Å². The van der Waals surface area contributed by atoms with Crippen LogP contribution in [0.3, 0.4) is 0 Å². The molecule has 0 spiro atoms. The van der Waals surface area contributed by atoms with E-state index in [1.807, 2.05) is 30.5 Å². The van der Waals surface area contributed by atoms with Crippen LogP contribution < -0.4 is 0 Å². The minimum atomic E-state index is -0.0231. The van der Waals surface area contributed by atoms with Crippen molar-refractivity contribution < 1.29 is 4.79 Å². The molecular weight excluding hydrogens is 308 g/mol. The van der Waals surface area contributed by atoms with Crippen molar-refractivity contribution in [2.24, 2.45) is 0 Å². The van der Waals surface area contributed by atoms with Crippen molar-refractivity contribution in [3.05, 3.63) is 55.1 Å². The van der Waals surface area contributed by atoms with E-state index in [4.69, 9.17) is 11.6 Å². The summed E-state index contributed by atoms with van der Waals surface area (Å²) >= 11 is 11.0. The van der Waals surface area contributed by atoms with Crippen LogP contribution in [0.2, 0.25) is 5.02 Å². The highest BCUT2D eigenvalue weighted by molar-refractivity contribution is 9.10. The van der Waals surface area contributed by atoms with Gasteiger partial charge in [0.2, 0.25) is 0 Å². The van der Waals surface area contributed by atoms with Gasteiger partial charge in [0.25, 0.3) is 0 Å². The van der Waals surface area contributed by atoms with Crippen LogP contribution in [-0.2, 0) is 0 Å². The van der Waals surface area contributed by atoms with Crippen LogP contribution >= 0.6 is 38.9 Å². The second-order valence-corrected chi connectivity index (χ2v) is 5.67. The molecule has 16 heavy (non-hydrogen) atoms. The third-order valence-electron chi connectivity index (χ3n) is 2.30. The number of hydrogen-bond acceptors (Lipinski definition) is 2. The van der Waals surface area contributed by atoms with Crippen LogP contribution in [0.25, 0.3) is 0 Å². The summed E-state index contributed by atoms with van der Waals surface area (Å²) in [5.41, 5.74) is 1.27. The predicted molar refractivity (Wildman–Crippen MR) is 71.6 cm³/mol. The molecule has 2 rings (SSSR count). The van der Waals surface area contributed by atoms with Crippen molar-refractivity contribution in [2.75, 3.05) is 0 Å². The van der Waals surface area contributed by atoms with Gasteiger partial charge in [-0.25, -0.2) is 0 Å². The molecule has 1 aromatic heterocycles. The van der Waals surface area contributed by atoms with Crippen LogP contribution in [0.15, 0.2) is 34.1 Å². The number of thiophene rings is 1. The molecule has 2 aromatic rings. The van der Waals surface area contributed by atoms with E-state index in [-0.39, 0.29) is 5.78 Å². The molecule has 0 saturated heterocycles. The number of carbonyl (C=O) groups is 1. The Morgan fingerprint density at radius 1 is 1.31 bits per heavy atom. The van der Waals surface area contributed by atoms with Gasteiger partial charge >= 0.3 is 0 Å². The van der Waals surface area contributed by atoms with E-state index in [1.54, 1.807) is 17.4 Å². The maximum absolute atomic E-state index is 12.2. The number of carbonyl (C=O) groups excluding carboxylic acids is 1. The Labute approximate surface area is 111 Å². The standard InChI is InChI=1S/C12H8BrClOS/c1-7-8(5-6-16-7)12(15)9-3-2-4-10(13)11(9)14/h2-6H,1H3. The highest BCUT2D eigenvalue weighted by Crippen LogP contribution is 2.29. The van der Waals surface area contributed by atoms with Gasteiger partial charge in [-0.2, -0.15) is 0 Å². The van der Waals surface area contributed by atoms with E-state index in [0.717, 1.165) is 14.9 Å². The van der Waals surface area contributed by atoms with Gasteiger partial charge in [-0.1, -0.05) is 17.7 Å². The number of benzene rings is 1. The van der Waals surface area contributed by atoms with Gasteiger partial charge in [0.15, 0.2) is 5.78 Å². The Hall–Kier alpha value is -0.640. The van der Waals surface area contributed by atoms with Crippen molar-refractivity contribution in [1.82, 2.24) is 0 Å². The minimum Gasteiger partial charge on any atom is -0.289 e. The lowest BCUT2D eigenvalue weighted by Crippen LogP contribution is -2.02. The van der Waals surface area contributed by atoms with Gasteiger partial charge in [0, 0.05) is 20.5 Å². The fraction of sp³-hybridized carbons (Fsp3) is 0.0833. The van der Waals surface area contributed by atoms with Crippen molar-refractivity contribution in [3.8, 4) is 0 Å². The highest BCUT2D eigenvalue weighted by Gasteiger charge is 2.16. The van der Waals surface area contributed by atoms with E-state index < -0.39 is 0 Å². The quantitative estimate of drug-likeness (QED) is 0.734. The van der Waals surface area contributed by atoms with Crippen LogP contribution in [0.1, 0.15) is 20.8 Å². The fourth-order valence-electron chi connectivity index (χ4n) is 1.44. The average molecular weight is 316 g/mol. The number of rotatable bonds is 2. The van der Waals surface area contributed by atoms with Gasteiger partial charge in [-0.3, -0.25) is 4.79 Å². The molecule has 0 unspecified atom stereocenters. The summed E-state index contributed by atoms with van der Waals surface area (Å²) < 4.78 is 0.743. The average Bonchev–Trinajstić information content (AvgIpc) is 2.68. The maximum Gasteiger partial charge on any atom is 0.195 e. The zero-order chi connectivity index (χ0) is 11.7. The Bertz CT molecular complexity index is 548. The lowest BCUT2D eigenvalue weighted by atomic mass is 10.0. The molecule has 0 saturated carbocycles. The lowest BCUT2D eigenvalue weighted by Gasteiger charge is -2.04. The molecule has 0 N–H and O–H groups in total. The van der Waals surface area contributed by atoms with E-state index in [2.05, 4.69) is 15.9 Å². The number of ketones is 1. The molecule has 0 fully saturated rings. The van der Waals surface area contributed by atoms with Gasteiger partial charge in [-0.05, 0) is 46.4 Å². The molecule has 4 heteroatoms. The SMILES string of the molecule is Cc1sccc1C(=O)c1cccc(Br)c1Cl. The third kappa shape index (κ3) is 2.08. The Kier molecular flexibility index (Phi) is 3.47. The van der Waals surface area contributed by atoms with Crippen molar-refractivity contribution in [3.63, 3.8) is 0 Å². The zero-order valence-electron chi connectivity index (χ0n) is 8.46. The molecule has 0 amide bonds. The summed E-state index contributed by atoms with van der Waals surface area (Å²) in [7, 11) is 0. The predicted octanol–water partition coefficient (Wildman–Crippen LogP) is 4.70. The second-order valence-electron chi connectivity index (χ2n) is 3.32. The molecule has 0 atom stereocenters. The summed E-state index contributed by atoms with van der Waals surface area (Å²) in [5.74, 6) is -0.0231. The highest BCUT2D eigenvalue weighted by atomic mass is 79.9. The van der Waals surface area contributed by atoms with E-state index in [9.17, 15) is 4.79 Å². The van der Waals surface area contributed by atoms with E-state index in [1.165, 1.54) is 0 Å². The largest absolute Gasteiger partial charge is 0.289 e. The first-order valence-corrected chi connectivity index (χ1v) is 6.69. The first-order valence-electron chi connectivity index (χ1n) is 4.64. The van der Waals surface area contributed by atoms with Crippen molar-refractivity contribution >= 4 is 44.7 Å². The Morgan fingerprint density at radius 2 is 2.06 bits per heavy atom. The third-order valence-corrected chi connectivity index (χ3v) is 4.44. The smallest absolute Gasteiger partial charge is 0.195 e. The number of halogens is 2. The van der Waals surface area contributed by atoms with Gasteiger partial charge in [0.05, 0.1) is 5.02 Å². The van der Waals surface area contributed by atoms with Gasteiger partial charge in [0.1, 0.15) is 0 Å². The first kappa shape index (κ1) is 11.8. The van der Waals surface area contributed by atoms with Crippen molar-refractivity contribution in [2.45, 2.75) is 6.92 Å². The summed E-state index contributed by atoms with van der Waals surface area (Å²) in [6, 6.07) is 7.20. The normalized spacial score (nSPS) is 10.4. The molecule has 0 aliphatic carbocycles. The molecular formula is C12H8BrClOS. The molecule has 0 bridgehead atoms. The Balaban J connectivity index is 2.50. The van der Waals surface area contributed by atoms with E-state index >= 15 is 0 Å². The fourth-order valence-corrected chi connectivity index (χ4v) is 2.72. The van der Waals surface area contributed by atoms with Gasteiger partial charge < -0.3 is 0 Å². The minimum absolute atomic E-state index is 0.0231. The maximum atomic E-state index is 12.2. The van der Waals surface area contributed by atoms with Crippen LogP contribution in [0, 0.1) is 6.92 Å².